The van der Waals surface area contributed by atoms with Gasteiger partial charge in [-0.3, -0.25) is 5.43 Å². The van der Waals surface area contributed by atoms with Crippen LogP contribution in [0.2, 0.25) is 0 Å². The average molecular weight is 353 g/mol. The van der Waals surface area contributed by atoms with Crippen molar-refractivity contribution in [3.8, 4) is 5.75 Å². The van der Waals surface area contributed by atoms with E-state index in [4.69, 9.17) is 9.26 Å². The van der Waals surface area contributed by atoms with Gasteiger partial charge in [-0.15, -0.1) is 0 Å². The average Bonchev–Trinajstić information content (AvgIpc) is 2.97. The largest absolute Gasteiger partial charge is 0.496 e. The number of fused-ring (bicyclic) bond motifs is 3. The number of hydrogen-bond donors (Lipinski definition) is 1. The van der Waals surface area contributed by atoms with Crippen LogP contribution in [0.25, 0.3) is 27.8 Å². The Hall–Kier alpha value is -3.10. The van der Waals surface area contributed by atoms with Crippen LogP contribution in [0.15, 0.2) is 39.6 Å². The van der Waals surface area contributed by atoms with Crippen LogP contribution in [-0.4, -0.2) is 25.2 Å². The SMILES string of the molecule is C=NN/C(=C/c1onc2c1c(OC)cc1cccc(F)c12)C(F)(F)F. The zero-order valence-corrected chi connectivity index (χ0v) is 12.8. The quantitative estimate of drug-likeness (QED) is 0.433. The molecule has 0 amide bonds. The predicted molar refractivity (Wildman–Crippen MR) is 84.7 cm³/mol. The minimum atomic E-state index is -4.73. The van der Waals surface area contributed by atoms with Crippen LogP contribution in [-0.2, 0) is 0 Å². The first kappa shape index (κ1) is 16.7. The van der Waals surface area contributed by atoms with E-state index in [1.165, 1.54) is 25.3 Å². The molecule has 0 aliphatic carbocycles. The number of allylic oxidation sites excluding steroid dienone is 1. The summed E-state index contributed by atoms with van der Waals surface area (Å²) in [5.74, 6) is -0.620. The van der Waals surface area contributed by atoms with Gasteiger partial charge in [0.1, 0.15) is 22.8 Å². The standard InChI is InChI=1S/C16H11F4N3O2/c1-21-22-12(16(18,19)20)7-11-14-10(24-2)6-8-4-3-5-9(17)13(8)15(14)23-25-11/h3-7,22H,1H2,2H3/b12-7+. The Balaban J connectivity index is 2.35. The maximum Gasteiger partial charge on any atom is 0.432 e. The van der Waals surface area contributed by atoms with Crippen LogP contribution in [0.4, 0.5) is 17.6 Å². The summed E-state index contributed by atoms with van der Waals surface area (Å²) in [7, 11) is 1.34. The van der Waals surface area contributed by atoms with Crippen molar-refractivity contribution in [2.45, 2.75) is 6.18 Å². The highest BCUT2D eigenvalue weighted by Crippen LogP contribution is 2.38. The number of nitrogens with zero attached hydrogens (tertiary/aromatic N) is 2. The minimum absolute atomic E-state index is 0.0618. The minimum Gasteiger partial charge on any atom is -0.496 e. The van der Waals surface area contributed by atoms with E-state index in [1.54, 1.807) is 11.5 Å². The summed E-state index contributed by atoms with van der Waals surface area (Å²) >= 11 is 0. The molecule has 0 saturated carbocycles. The Morgan fingerprint density at radius 3 is 2.76 bits per heavy atom. The molecule has 0 aliphatic rings. The first-order valence-corrected chi connectivity index (χ1v) is 6.92. The molecule has 5 nitrogen and oxygen atoms in total. The summed E-state index contributed by atoms with van der Waals surface area (Å²) in [6.07, 6.45) is -4.06. The molecule has 0 radical (unpaired) electrons. The number of alkyl halides is 3. The van der Waals surface area contributed by atoms with Crippen LogP contribution in [0, 0.1) is 5.82 Å². The third-order valence-electron chi connectivity index (χ3n) is 3.53. The number of methoxy groups -OCH3 is 1. The van der Waals surface area contributed by atoms with Crippen molar-refractivity contribution < 1.29 is 26.8 Å². The Labute approximate surface area is 138 Å². The summed E-state index contributed by atoms with van der Waals surface area (Å²) in [5, 5.41) is 7.49. The Morgan fingerprint density at radius 2 is 2.12 bits per heavy atom. The van der Waals surface area contributed by atoms with Gasteiger partial charge in [0.15, 0.2) is 5.76 Å². The molecule has 2 aromatic carbocycles. The van der Waals surface area contributed by atoms with Crippen molar-refractivity contribution in [3.63, 3.8) is 0 Å². The number of benzene rings is 2. The van der Waals surface area contributed by atoms with Gasteiger partial charge >= 0.3 is 6.18 Å². The molecular weight excluding hydrogens is 342 g/mol. The van der Waals surface area contributed by atoms with Crippen molar-refractivity contribution >= 4 is 34.5 Å². The van der Waals surface area contributed by atoms with E-state index in [0.717, 1.165) is 0 Å². The summed E-state index contributed by atoms with van der Waals surface area (Å²) < 4.78 is 63.5. The second kappa shape index (κ2) is 6.08. The summed E-state index contributed by atoms with van der Waals surface area (Å²) in [6, 6.07) is 5.87. The molecule has 3 rings (SSSR count). The molecular formula is C16H11F4N3O2. The normalized spacial score (nSPS) is 12.6. The first-order chi connectivity index (χ1) is 11.9. The highest BCUT2D eigenvalue weighted by atomic mass is 19.4. The Kier molecular flexibility index (Phi) is 4.07. The van der Waals surface area contributed by atoms with Gasteiger partial charge in [0.05, 0.1) is 12.5 Å². The maximum atomic E-state index is 14.2. The molecule has 0 saturated heterocycles. The zero-order valence-electron chi connectivity index (χ0n) is 12.8. The Morgan fingerprint density at radius 1 is 1.36 bits per heavy atom. The van der Waals surface area contributed by atoms with Gasteiger partial charge in [-0.05, 0) is 17.5 Å². The fourth-order valence-corrected chi connectivity index (χ4v) is 2.49. The van der Waals surface area contributed by atoms with E-state index in [-0.39, 0.29) is 27.8 Å². The van der Waals surface area contributed by atoms with Gasteiger partial charge in [-0.1, -0.05) is 17.3 Å². The van der Waals surface area contributed by atoms with Crippen molar-refractivity contribution in [2.75, 3.05) is 7.11 Å². The molecule has 0 fully saturated rings. The van der Waals surface area contributed by atoms with Crippen LogP contribution in [0.3, 0.4) is 0 Å². The van der Waals surface area contributed by atoms with Gasteiger partial charge < -0.3 is 9.26 Å². The molecule has 0 atom stereocenters. The summed E-state index contributed by atoms with van der Waals surface area (Å²) in [6.45, 7) is 2.97. The number of hydrazone groups is 1. The molecule has 1 heterocycles. The molecule has 0 spiro atoms. The van der Waals surface area contributed by atoms with Gasteiger partial charge in [0.25, 0.3) is 0 Å². The van der Waals surface area contributed by atoms with Gasteiger partial charge in [-0.2, -0.15) is 18.3 Å². The number of nitrogens with one attached hydrogen (secondary N) is 1. The van der Waals surface area contributed by atoms with E-state index in [9.17, 15) is 17.6 Å². The van der Waals surface area contributed by atoms with Crippen LogP contribution in [0.1, 0.15) is 5.76 Å². The lowest BCUT2D eigenvalue weighted by Gasteiger charge is -2.10. The third kappa shape index (κ3) is 2.88. The molecule has 130 valence electrons. The lowest BCUT2D eigenvalue weighted by Crippen LogP contribution is -2.22. The molecule has 0 aliphatic heterocycles. The topological polar surface area (TPSA) is 59.7 Å². The lowest BCUT2D eigenvalue weighted by atomic mass is 10.0. The zero-order chi connectivity index (χ0) is 18.2. The number of ether oxygens (including phenoxy) is 1. The smallest absolute Gasteiger partial charge is 0.432 e. The number of aromatic nitrogens is 1. The van der Waals surface area contributed by atoms with Crippen molar-refractivity contribution in [1.29, 1.82) is 0 Å². The van der Waals surface area contributed by atoms with Gasteiger partial charge in [0, 0.05) is 18.2 Å². The number of hydrogen-bond acceptors (Lipinski definition) is 5. The first-order valence-electron chi connectivity index (χ1n) is 6.92. The number of rotatable bonds is 4. The van der Waals surface area contributed by atoms with Gasteiger partial charge in [0.2, 0.25) is 0 Å². The molecule has 1 aromatic heterocycles. The second-order valence-corrected chi connectivity index (χ2v) is 5.01. The van der Waals surface area contributed by atoms with E-state index < -0.39 is 17.7 Å². The molecule has 9 heteroatoms. The van der Waals surface area contributed by atoms with Crippen molar-refractivity contribution in [1.82, 2.24) is 10.6 Å². The highest BCUT2D eigenvalue weighted by molar-refractivity contribution is 6.10. The molecule has 3 aromatic rings. The fraction of sp³-hybridized carbons (Fsp3) is 0.125. The Bertz CT molecular complexity index is 992. The monoisotopic (exact) mass is 353 g/mol. The fourth-order valence-electron chi connectivity index (χ4n) is 2.49. The van der Waals surface area contributed by atoms with Crippen LogP contribution in [0.5, 0.6) is 5.75 Å². The maximum absolute atomic E-state index is 14.2. The molecule has 0 unspecified atom stereocenters. The van der Waals surface area contributed by atoms with Crippen molar-refractivity contribution in [2.24, 2.45) is 5.10 Å². The lowest BCUT2D eigenvalue weighted by molar-refractivity contribution is -0.0956. The van der Waals surface area contributed by atoms with E-state index >= 15 is 0 Å². The third-order valence-corrected chi connectivity index (χ3v) is 3.53. The summed E-state index contributed by atoms with van der Waals surface area (Å²) in [5.41, 5.74) is 0.609. The molecule has 1 N–H and O–H groups in total. The van der Waals surface area contributed by atoms with E-state index in [2.05, 4.69) is 17.0 Å². The molecule has 25 heavy (non-hydrogen) atoms. The summed E-state index contributed by atoms with van der Waals surface area (Å²) in [4.78, 5) is 0. The van der Waals surface area contributed by atoms with Crippen LogP contribution < -0.4 is 10.2 Å². The number of halogens is 4. The predicted octanol–water partition coefficient (Wildman–Crippen LogP) is 4.24. The highest BCUT2D eigenvalue weighted by Gasteiger charge is 2.35. The van der Waals surface area contributed by atoms with Crippen LogP contribution >= 0.6 is 0 Å². The second-order valence-electron chi connectivity index (χ2n) is 5.01. The van der Waals surface area contributed by atoms with Gasteiger partial charge in [-0.25, -0.2) is 4.39 Å². The van der Waals surface area contributed by atoms with Crippen molar-refractivity contribution in [3.05, 3.63) is 41.5 Å². The molecule has 0 bridgehead atoms. The van der Waals surface area contributed by atoms with E-state index in [1.807, 2.05) is 0 Å². The van der Waals surface area contributed by atoms with E-state index in [0.29, 0.717) is 11.5 Å².